The molecule has 0 aromatic carbocycles. The lowest BCUT2D eigenvalue weighted by Crippen LogP contribution is -2.27. The van der Waals surface area contributed by atoms with E-state index in [0.29, 0.717) is 37.5 Å². The molecule has 1 fully saturated rings. The molecule has 1 aromatic heterocycles. The zero-order valence-corrected chi connectivity index (χ0v) is 9.48. The molecule has 1 atom stereocenters. The molecular weight excluding hydrogens is 206 g/mol. The lowest BCUT2D eigenvalue weighted by Gasteiger charge is -2.26. The van der Waals surface area contributed by atoms with Crippen LogP contribution in [0.5, 0.6) is 5.75 Å². The molecule has 0 bridgehead atoms. The van der Waals surface area contributed by atoms with Gasteiger partial charge < -0.3 is 14.6 Å². The van der Waals surface area contributed by atoms with Crippen LogP contribution in [0.15, 0.2) is 18.3 Å². The number of rotatable bonds is 2. The Hall–Kier alpha value is -1.13. The molecule has 2 rings (SSSR count). The molecule has 0 amide bonds. The molecule has 0 radical (unpaired) electrons. The minimum Gasteiger partial charge on any atom is -0.495 e. The van der Waals surface area contributed by atoms with Gasteiger partial charge in [0.1, 0.15) is 17.0 Å². The Labute approximate surface area is 95.2 Å². The van der Waals surface area contributed by atoms with Crippen LogP contribution in [-0.2, 0) is 10.3 Å². The molecule has 0 spiro atoms. The van der Waals surface area contributed by atoms with E-state index in [1.54, 1.807) is 19.4 Å². The van der Waals surface area contributed by atoms with Gasteiger partial charge in [0, 0.05) is 25.8 Å². The van der Waals surface area contributed by atoms with Gasteiger partial charge in [-0.2, -0.15) is 0 Å². The van der Waals surface area contributed by atoms with Crippen molar-refractivity contribution in [2.75, 3.05) is 20.3 Å². The number of aromatic nitrogens is 1. The van der Waals surface area contributed by atoms with Crippen LogP contribution in [0.25, 0.3) is 0 Å². The van der Waals surface area contributed by atoms with Crippen LogP contribution in [-0.4, -0.2) is 30.4 Å². The average Bonchev–Trinajstić information content (AvgIpc) is 2.55. The lowest BCUT2D eigenvalue weighted by atomic mass is 9.90. The van der Waals surface area contributed by atoms with Gasteiger partial charge in [0.25, 0.3) is 0 Å². The highest BCUT2D eigenvalue weighted by Gasteiger charge is 2.34. The van der Waals surface area contributed by atoms with Crippen molar-refractivity contribution in [3.8, 4) is 5.75 Å². The summed E-state index contributed by atoms with van der Waals surface area (Å²) in [5, 5.41) is 10.6. The van der Waals surface area contributed by atoms with Gasteiger partial charge in [-0.15, -0.1) is 0 Å². The van der Waals surface area contributed by atoms with Crippen molar-refractivity contribution < 1.29 is 14.6 Å². The maximum absolute atomic E-state index is 10.6. The van der Waals surface area contributed by atoms with E-state index in [9.17, 15) is 5.11 Å². The minimum atomic E-state index is -0.914. The number of methoxy groups -OCH3 is 1. The zero-order chi connectivity index (χ0) is 11.4. The molecule has 1 aromatic rings. The van der Waals surface area contributed by atoms with Crippen molar-refractivity contribution in [1.82, 2.24) is 4.98 Å². The van der Waals surface area contributed by atoms with Gasteiger partial charge in [-0.05, 0) is 25.0 Å². The van der Waals surface area contributed by atoms with E-state index in [1.807, 2.05) is 6.07 Å². The number of hydrogen-bond acceptors (Lipinski definition) is 4. The van der Waals surface area contributed by atoms with Gasteiger partial charge in [-0.1, -0.05) is 0 Å². The van der Waals surface area contributed by atoms with Crippen molar-refractivity contribution in [1.29, 1.82) is 0 Å². The molecule has 0 saturated carbocycles. The maximum Gasteiger partial charge on any atom is 0.143 e. The van der Waals surface area contributed by atoms with E-state index in [4.69, 9.17) is 9.47 Å². The summed E-state index contributed by atoms with van der Waals surface area (Å²) in [6.45, 7) is 1.27. The van der Waals surface area contributed by atoms with Gasteiger partial charge in [-0.25, -0.2) is 0 Å². The van der Waals surface area contributed by atoms with Crippen LogP contribution in [0.1, 0.15) is 25.0 Å². The fourth-order valence-corrected chi connectivity index (χ4v) is 2.08. The second-order valence-electron chi connectivity index (χ2n) is 4.05. The predicted molar refractivity (Wildman–Crippen MR) is 59.4 cm³/mol. The van der Waals surface area contributed by atoms with Crippen LogP contribution in [0.4, 0.5) is 0 Å². The first-order chi connectivity index (χ1) is 7.76. The third-order valence-electron chi connectivity index (χ3n) is 2.97. The second kappa shape index (κ2) is 4.80. The number of ether oxygens (including phenoxy) is 2. The van der Waals surface area contributed by atoms with E-state index in [0.717, 1.165) is 6.42 Å². The standard InChI is InChI=1S/C12H17NO3/c1-15-10-4-2-7-13-11(10)12(14)5-3-8-16-9-6-12/h2,4,7,14H,3,5-6,8-9H2,1H3. The molecule has 4 nitrogen and oxygen atoms in total. The van der Waals surface area contributed by atoms with E-state index in [2.05, 4.69) is 4.98 Å². The fraction of sp³-hybridized carbons (Fsp3) is 0.583. The van der Waals surface area contributed by atoms with E-state index in [1.165, 1.54) is 0 Å². The highest BCUT2D eigenvalue weighted by atomic mass is 16.5. The molecule has 4 heteroatoms. The molecule has 1 aliphatic heterocycles. The SMILES string of the molecule is COc1cccnc1C1(O)CCCOCC1. The van der Waals surface area contributed by atoms with Gasteiger partial charge in [-0.3, -0.25) is 4.98 Å². The van der Waals surface area contributed by atoms with E-state index in [-0.39, 0.29) is 0 Å². The molecule has 16 heavy (non-hydrogen) atoms. The third-order valence-corrected chi connectivity index (χ3v) is 2.97. The molecule has 1 N–H and O–H groups in total. The third kappa shape index (κ3) is 2.18. The summed E-state index contributed by atoms with van der Waals surface area (Å²) in [7, 11) is 1.59. The summed E-state index contributed by atoms with van der Waals surface area (Å²) in [4.78, 5) is 4.26. The van der Waals surface area contributed by atoms with Gasteiger partial charge in [0.2, 0.25) is 0 Å². The van der Waals surface area contributed by atoms with Crippen molar-refractivity contribution in [3.63, 3.8) is 0 Å². The summed E-state index contributed by atoms with van der Waals surface area (Å²) >= 11 is 0. The van der Waals surface area contributed by atoms with Crippen molar-refractivity contribution in [2.45, 2.75) is 24.9 Å². The molecule has 1 aliphatic rings. The van der Waals surface area contributed by atoms with Crippen LogP contribution in [0.3, 0.4) is 0 Å². The second-order valence-corrected chi connectivity index (χ2v) is 4.05. The monoisotopic (exact) mass is 223 g/mol. The highest BCUT2D eigenvalue weighted by molar-refractivity contribution is 5.31. The number of aliphatic hydroxyl groups is 1. The van der Waals surface area contributed by atoms with Crippen LogP contribution >= 0.6 is 0 Å². The Morgan fingerprint density at radius 3 is 3.12 bits per heavy atom. The molecule has 88 valence electrons. The predicted octanol–water partition coefficient (Wildman–Crippen LogP) is 1.48. The summed E-state index contributed by atoms with van der Waals surface area (Å²) in [5.41, 5.74) is -0.286. The fourth-order valence-electron chi connectivity index (χ4n) is 2.08. The van der Waals surface area contributed by atoms with Crippen molar-refractivity contribution in [2.24, 2.45) is 0 Å². The first-order valence-corrected chi connectivity index (χ1v) is 5.56. The van der Waals surface area contributed by atoms with Crippen molar-refractivity contribution in [3.05, 3.63) is 24.0 Å². The van der Waals surface area contributed by atoms with Gasteiger partial charge >= 0.3 is 0 Å². The summed E-state index contributed by atoms with van der Waals surface area (Å²) in [6, 6.07) is 3.63. The first kappa shape index (κ1) is 11.4. The minimum absolute atomic E-state index is 0.566. The van der Waals surface area contributed by atoms with Gasteiger partial charge in [0.15, 0.2) is 0 Å². The summed E-state index contributed by atoms with van der Waals surface area (Å²) in [5.74, 6) is 0.645. The maximum atomic E-state index is 10.6. The Bertz CT molecular complexity index is 346. The smallest absolute Gasteiger partial charge is 0.143 e. The van der Waals surface area contributed by atoms with Gasteiger partial charge in [0.05, 0.1) is 7.11 Å². The Morgan fingerprint density at radius 2 is 2.31 bits per heavy atom. The highest BCUT2D eigenvalue weighted by Crippen LogP contribution is 2.35. The number of pyridine rings is 1. The zero-order valence-electron chi connectivity index (χ0n) is 9.48. The normalized spacial score (nSPS) is 26.1. The van der Waals surface area contributed by atoms with Crippen molar-refractivity contribution >= 4 is 0 Å². The largest absolute Gasteiger partial charge is 0.495 e. The summed E-state index contributed by atoms with van der Waals surface area (Å²) < 4.78 is 10.6. The lowest BCUT2D eigenvalue weighted by molar-refractivity contribution is 0.00825. The average molecular weight is 223 g/mol. The molecule has 0 aliphatic carbocycles. The van der Waals surface area contributed by atoms with Crippen LogP contribution < -0.4 is 4.74 Å². The number of hydrogen-bond donors (Lipinski definition) is 1. The van der Waals surface area contributed by atoms with Crippen LogP contribution in [0, 0.1) is 0 Å². The Balaban J connectivity index is 2.32. The van der Waals surface area contributed by atoms with E-state index >= 15 is 0 Å². The topological polar surface area (TPSA) is 51.6 Å². The Kier molecular flexibility index (Phi) is 3.41. The van der Waals surface area contributed by atoms with Crippen LogP contribution in [0.2, 0.25) is 0 Å². The first-order valence-electron chi connectivity index (χ1n) is 5.56. The molecule has 1 saturated heterocycles. The molecular formula is C12H17NO3. The quantitative estimate of drug-likeness (QED) is 0.825. The molecule has 1 unspecified atom stereocenters. The Morgan fingerprint density at radius 1 is 1.44 bits per heavy atom. The summed E-state index contributed by atoms with van der Waals surface area (Å²) in [6.07, 6.45) is 3.76. The number of nitrogens with zero attached hydrogens (tertiary/aromatic N) is 1. The van der Waals surface area contributed by atoms with E-state index < -0.39 is 5.60 Å². The molecule has 2 heterocycles.